The van der Waals surface area contributed by atoms with Gasteiger partial charge in [-0.2, -0.15) is 10.2 Å². The number of aryl methyl sites for hydroxylation is 8. The number of aromatic nitrogens is 6. The van der Waals surface area contributed by atoms with Crippen LogP contribution in [0.1, 0.15) is 88.7 Å². The maximum atomic E-state index is 8.64. The molecule has 6 aromatic rings. The molecule has 7 rings (SSSR count). The SMILES string of the molecule is CC.Cc1n[nH]c(C)c1-c1cc(-c2c(C)noc2C)cc(N)c1N.Cc1n[nH]c(C)c1B1OC(C)(C)C(C)(C)O1.Cc1noc(C)c1-c1cc(N)c(N)c(I)c1.O=CO[O-].[Cs+].[Cs+].[H-]. The summed E-state index contributed by atoms with van der Waals surface area (Å²) in [6, 6.07) is 7.71. The van der Waals surface area contributed by atoms with E-state index in [0.29, 0.717) is 22.7 Å². The van der Waals surface area contributed by atoms with Gasteiger partial charge in [0, 0.05) is 42.7 Å². The molecule has 0 unspecified atom stereocenters. The molecule has 1 aliphatic rings. The van der Waals surface area contributed by atoms with E-state index in [0.717, 1.165) is 88.1 Å². The van der Waals surface area contributed by atoms with Crippen molar-refractivity contribution >= 4 is 64.4 Å². The Morgan fingerprint density at radius 1 is 0.694 bits per heavy atom. The molecule has 0 atom stereocenters. The standard InChI is InChI=1S/C16H19N5O.C11H19BN2O2.C11H12IN3O.C2H6.CH2O3.2Cs.H/c1-7-14(8(2)20-19-7)12-5-11(6-13(17)16(12)18)15-9(3)21-22-10(15)4;1-7-9(8(2)14-13-7)12-15-10(3,4)11(5,6)16-12;1-5-10(6(2)16-15-5)7-3-8(12)11(14)9(13)4-7;1-2;2-1-4-3;;;/h5-6H,17-18H2,1-4H3,(H,19,20);1-6H3,(H,13,14);3-4H,13-14H2,1-2H3;1-2H3;1,3H;;;/q;;;;;2*+1;-1/p-1. The largest absolute Gasteiger partial charge is 1.00 e. The van der Waals surface area contributed by atoms with E-state index in [1.165, 1.54) is 0 Å². The summed E-state index contributed by atoms with van der Waals surface area (Å²) in [5, 5.41) is 30.7. The summed E-state index contributed by atoms with van der Waals surface area (Å²) in [6.45, 7) is 27.5. The zero-order valence-corrected chi connectivity index (χ0v) is 53.5. The van der Waals surface area contributed by atoms with Crippen molar-refractivity contribution in [2.24, 2.45) is 0 Å². The van der Waals surface area contributed by atoms with E-state index in [-0.39, 0.29) is 164 Å². The van der Waals surface area contributed by atoms with Gasteiger partial charge in [-0.15, -0.1) is 0 Å². The van der Waals surface area contributed by atoms with Crippen LogP contribution >= 0.6 is 22.6 Å². The van der Waals surface area contributed by atoms with Crippen LogP contribution in [0.5, 0.6) is 0 Å². The van der Waals surface area contributed by atoms with Gasteiger partial charge in [-0.25, -0.2) is 0 Å². The van der Waals surface area contributed by atoms with Gasteiger partial charge >= 0.3 is 145 Å². The minimum absolute atomic E-state index is 0. The quantitative estimate of drug-likeness (QED) is 0.0347. The first-order valence-corrected chi connectivity index (χ1v) is 20.2. The predicted octanol–water partition coefficient (Wildman–Crippen LogP) is 0.764. The van der Waals surface area contributed by atoms with Crippen molar-refractivity contribution in [1.29, 1.82) is 0 Å². The molecular weight excluding hydrogens is 1150 g/mol. The molecule has 0 bridgehead atoms. The first-order chi connectivity index (χ1) is 28.1. The average Bonchev–Trinajstić information content (AvgIpc) is 3.96. The van der Waals surface area contributed by atoms with E-state index in [9.17, 15) is 0 Å². The number of H-pyrrole nitrogens is 2. The molecule has 10 N–H and O–H groups in total. The summed E-state index contributed by atoms with van der Waals surface area (Å²) in [5.41, 5.74) is 37.9. The minimum Gasteiger partial charge on any atom is -1.00 e. The normalized spacial score (nSPS) is 13.0. The fourth-order valence-corrected chi connectivity index (χ4v) is 7.06. The second-order valence-corrected chi connectivity index (χ2v) is 16.0. The Kier molecular flexibility index (Phi) is 24.2. The molecule has 4 aromatic heterocycles. The van der Waals surface area contributed by atoms with Gasteiger partial charge in [0.15, 0.2) is 0 Å². The smallest absolute Gasteiger partial charge is 1.00 e. The number of carbonyl (C=O) groups excluding carboxylic acids is 1. The van der Waals surface area contributed by atoms with Crippen molar-refractivity contribution < 1.29 is 173 Å². The summed E-state index contributed by atoms with van der Waals surface area (Å²) < 4.78 is 23.3. The molecule has 0 radical (unpaired) electrons. The summed E-state index contributed by atoms with van der Waals surface area (Å²) >= 11 is 2.17. The van der Waals surface area contributed by atoms with E-state index in [1.54, 1.807) is 0 Å². The van der Waals surface area contributed by atoms with E-state index in [4.69, 9.17) is 51.3 Å². The summed E-state index contributed by atoms with van der Waals surface area (Å²) in [6.07, 6.45) is 0. The number of nitrogen functional groups attached to an aromatic ring is 4. The van der Waals surface area contributed by atoms with Gasteiger partial charge in [-0.05, 0) is 141 Å². The molecule has 1 aliphatic heterocycles. The molecule has 0 saturated carbocycles. The average molecular weight is 1210 g/mol. The second kappa shape index (κ2) is 25.6. The number of nitrogens with zero attached hydrogens (tertiary/aromatic N) is 4. The van der Waals surface area contributed by atoms with E-state index >= 15 is 0 Å². The summed E-state index contributed by atoms with van der Waals surface area (Å²) in [4.78, 5) is 11.2. The molecule has 0 spiro atoms. The van der Waals surface area contributed by atoms with Crippen LogP contribution in [-0.2, 0) is 19.0 Å². The van der Waals surface area contributed by atoms with Crippen molar-refractivity contribution in [2.75, 3.05) is 22.9 Å². The second-order valence-electron chi connectivity index (χ2n) is 14.8. The Labute approximate surface area is 496 Å². The molecule has 62 heavy (non-hydrogen) atoms. The van der Waals surface area contributed by atoms with Crippen LogP contribution < -0.4 is 171 Å². The van der Waals surface area contributed by atoms with Gasteiger partial charge in [0.05, 0.1) is 56.7 Å². The summed E-state index contributed by atoms with van der Waals surface area (Å²) in [5.74, 6) is 1.55. The monoisotopic (exact) mass is 1210 g/mol. The van der Waals surface area contributed by atoms with Crippen molar-refractivity contribution in [3.8, 4) is 33.4 Å². The Morgan fingerprint density at radius 2 is 1.11 bits per heavy atom. The maximum Gasteiger partial charge on any atom is 1.00 e. The summed E-state index contributed by atoms with van der Waals surface area (Å²) in [7, 11) is -0.316. The third kappa shape index (κ3) is 13.9. The fraction of sp³-hybridized carbons (Fsp3) is 0.390. The number of hydrogen-bond acceptors (Lipinski definition) is 15. The predicted molar refractivity (Wildman–Crippen MR) is 244 cm³/mol. The molecule has 1 fully saturated rings. The van der Waals surface area contributed by atoms with Crippen LogP contribution in [0.2, 0.25) is 0 Å². The molecular formula is C41H58BCs2IN10O7. The number of carbonyl (C=O) groups is 1. The van der Waals surface area contributed by atoms with E-state index < -0.39 is 0 Å². The Hall–Kier alpha value is -1.27. The molecule has 21 heteroatoms. The molecule has 0 amide bonds. The zero-order chi connectivity index (χ0) is 45.4. The van der Waals surface area contributed by atoms with Crippen molar-refractivity contribution in [2.45, 2.75) is 108 Å². The van der Waals surface area contributed by atoms with E-state index in [2.05, 4.69) is 85.9 Å². The molecule has 5 heterocycles. The first kappa shape index (κ1) is 58.7. The number of halogens is 1. The van der Waals surface area contributed by atoms with Gasteiger partial charge in [-0.3, -0.25) is 15.0 Å². The first-order valence-electron chi connectivity index (χ1n) is 19.1. The van der Waals surface area contributed by atoms with Crippen molar-refractivity contribution in [3.05, 3.63) is 73.5 Å². The van der Waals surface area contributed by atoms with Crippen LogP contribution in [0.3, 0.4) is 0 Å². The third-order valence-electron chi connectivity index (χ3n) is 10.1. The number of rotatable bonds is 5. The fourth-order valence-electron chi connectivity index (χ4n) is 6.42. The van der Waals surface area contributed by atoms with Crippen LogP contribution in [0.25, 0.3) is 33.4 Å². The molecule has 326 valence electrons. The number of benzene rings is 2. The number of aromatic amines is 2. The van der Waals surface area contributed by atoms with E-state index in [1.807, 2.05) is 93.5 Å². The Morgan fingerprint density at radius 3 is 1.47 bits per heavy atom. The van der Waals surface area contributed by atoms with Gasteiger partial charge in [0.1, 0.15) is 11.5 Å². The zero-order valence-electron chi connectivity index (χ0n) is 39.8. The topological polar surface area (TPSA) is 281 Å². The number of nitrogens with one attached hydrogen (secondary N) is 2. The van der Waals surface area contributed by atoms with Gasteiger partial charge in [0.2, 0.25) is 0 Å². The van der Waals surface area contributed by atoms with Crippen molar-refractivity contribution in [1.82, 2.24) is 30.7 Å². The minimum atomic E-state index is -0.316. The van der Waals surface area contributed by atoms with Crippen molar-refractivity contribution in [3.63, 3.8) is 0 Å². The molecule has 0 aliphatic carbocycles. The van der Waals surface area contributed by atoms with Gasteiger partial charge in [-0.1, -0.05) is 24.2 Å². The Bertz CT molecular complexity index is 2300. The number of hydrogen-bond donors (Lipinski definition) is 6. The molecule has 2 aromatic carbocycles. The molecule has 1 saturated heterocycles. The van der Waals surface area contributed by atoms with Gasteiger partial charge in [0.25, 0.3) is 6.47 Å². The number of anilines is 4. The maximum absolute atomic E-state index is 8.64. The van der Waals surface area contributed by atoms with Crippen LogP contribution in [0.4, 0.5) is 22.7 Å². The molecule has 17 nitrogen and oxygen atoms in total. The number of nitrogens with two attached hydrogens (primary N) is 4. The Balaban J connectivity index is 0.000000853. The van der Waals surface area contributed by atoms with Gasteiger partial charge < -0.3 is 52.9 Å². The van der Waals surface area contributed by atoms with Crippen LogP contribution in [0.15, 0.2) is 33.3 Å². The van der Waals surface area contributed by atoms with Crippen LogP contribution in [-0.4, -0.2) is 55.5 Å². The van der Waals surface area contributed by atoms with Crippen LogP contribution in [0, 0.1) is 59.0 Å². The third-order valence-corrected chi connectivity index (χ3v) is 11.0.